The van der Waals surface area contributed by atoms with Crippen LogP contribution < -0.4 is 5.32 Å². The zero-order valence-electron chi connectivity index (χ0n) is 13.4. The predicted molar refractivity (Wildman–Crippen MR) is 92.8 cm³/mol. The molecule has 1 aromatic carbocycles. The number of carbonyl (C=O) groups excluding carboxylic acids is 3. The maximum atomic E-state index is 11.9. The second-order valence-electron chi connectivity index (χ2n) is 5.35. The molecule has 0 aliphatic rings. The number of esters is 1. The van der Waals surface area contributed by atoms with Gasteiger partial charge in [0.25, 0.3) is 5.91 Å². The Morgan fingerprint density at radius 1 is 1.32 bits per heavy atom. The number of imidazole rings is 1. The molecule has 0 unspecified atom stereocenters. The maximum Gasteiger partial charge on any atom is 0.312 e. The molecule has 0 fully saturated rings. The molecule has 128 valence electrons. The van der Waals surface area contributed by atoms with Crippen LogP contribution in [0.3, 0.4) is 0 Å². The molecule has 8 heteroatoms. The quantitative estimate of drug-likeness (QED) is 0.540. The van der Waals surface area contributed by atoms with Crippen molar-refractivity contribution < 1.29 is 19.1 Å². The van der Waals surface area contributed by atoms with Crippen LogP contribution in [0.15, 0.2) is 42.0 Å². The SMILES string of the molecule is CC(=O)c1cccc(NC(=O)COC(=O)Cc2cn3ccsc3n2)c1. The number of anilines is 1. The molecule has 1 N–H and O–H groups in total. The van der Waals surface area contributed by atoms with E-state index < -0.39 is 18.5 Å². The summed E-state index contributed by atoms with van der Waals surface area (Å²) in [5.74, 6) is -1.10. The third kappa shape index (κ3) is 4.30. The number of nitrogens with zero attached hydrogens (tertiary/aromatic N) is 2. The van der Waals surface area contributed by atoms with Gasteiger partial charge >= 0.3 is 5.97 Å². The minimum absolute atomic E-state index is 0.00149. The number of ether oxygens (including phenoxy) is 1. The van der Waals surface area contributed by atoms with Gasteiger partial charge in [-0.05, 0) is 19.1 Å². The van der Waals surface area contributed by atoms with E-state index in [2.05, 4.69) is 10.3 Å². The summed E-state index contributed by atoms with van der Waals surface area (Å²) in [5.41, 5.74) is 1.56. The molecule has 7 nitrogen and oxygen atoms in total. The van der Waals surface area contributed by atoms with E-state index in [4.69, 9.17) is 4.74 Å². The molecular weight excluding hydrogens is 342 g/mol. The molecule has 0 aliphatic carbocycles. The fourth-order valence-electron chi connectivity index (χ4n) is 2.22. The summed E-state index contributed by atoms with van der Waals surface area (Å²) in [6, 6.07) is 6.56. The van der Waals surface area contributed by atoms with Gasteiger partial charge in [0.05, 0.1) is 12.1 Å². The van der Waals surface area contributed by atoms with Crippen LogP contribution in [0.1, 0.15) is 23.0 Å². The van der Waals surface area contributed by atoms with Gasteiger partial charge in [-0.2, -0.15) is 0 Å². The third-order valence-corrected chi connectivity index (χ3v) is 4.16. The molecule has 0 bridgehead atoms. The van der Waals surface area contributed by atoms with E-state index in [9.17, 15) is 14.4 Å². The summed E-state index contributed by atoms with van der Waals surface area (Å²) in [6.07, 6.45) is 3.60. The lowest BCUT2D eigenvalue weighted by Crippen LogP contribution is -2.21. The number of amides is 1. The van der Waals surface area contributed by atoms with E-state index in [-0.39, 0.29) is 12.2 Å². The fourth-order valence-corrected chi connectivity index (χ4v) is 2.94. The highest BCUT2D eigenvalue weighted by Crippen LogP contribution is 2.13. The van der Waals surface area contributed by atoms with Crippen molar-refractivity contribution in [1.29, 1.82) is 0 Å². The van der Waals surface area contributed by atoms with Crippen LogP contribution in [0.25, 0.3) is 4.96 Å². The van der Waals surface area contributed by atoms with E-state index in [1.807, 2.05) is 16.0 Å². The number of aromatic nitrogens is 2. The monoisotopic (exact) mass is 357 g/mol. The largest absolute Gasteiger partial charge is 0.455 e. The predicted octanol–water partition coefficient (Wildman–Crippen LogP) is 2.32. The van der Waals surface area contributed by atoms with Gasteiger partial charge in [0.15, 0.2) is 17.4 Å². The highest BCUT2D eigenvalue weighted by molar-refractivity contribution is 7.15. The lowest BCUT2D eigenvalue weighted by atomic mass is 10.1. The van der Waals surface area contributed by atoms with Gasteiger partial charge in [-0.3, -0.25) is 18.8 Å². The smallest absolute Gasteiger partial charge is 0.312 e. The van der Waals surface area contributed by atoms with Gasteiger partial charge in [0, 0.05) is 29.0 Å². The molecule has 2 aromatic heterocycles. The van der Waals surface area contributed by atoms with E-state index in [0.29, 0.717) is 16.9 Å². The first-order chi connectivity index (χ1) is 12.0. The number of thiazole rings is 1. The maximum absolute atomic E-state index is 11.9. The van der Waals surface area contributed by atoms with Crippen LogP contribution in [0.5, 0.6) is 0 Å². The third-order valence-electron chi connectivity index (χ3n) is 3.39. The zero-order valence-corrected chi connectivity index (χ0v) is 14.2. The Hall–Kier alpha value is -3.00. The van der Waals surface area contributed by atoms with Gasteiger partial charge in [0.2, 0.25) is 0 Å². The minimum Gasteiger partial charge on any atom is -0.455 e. The first-order valence-electron chi connectivity index (χ1n) is 7.49. The topological polar surface area (TPSA) is 89.8 Å². The average molecular weight is 357 g/mol. The fraction of sp³-hybridized carbons (Fsp3) is 0.176. The van der Waals surface area contributed by atoms with Crippen LogP contribution in [0, 0.1) is 0 Å². The first-order valence-corrected chi connectivity index (χ1v) is 8.37. The molecule has 0 radical (unpaired) electrons. The van der Waals surface area contributed by atoms with E-state index in [0.717, 1.165) is 4.96 Å². The zero-order chi connectivity index (χ0) is 17.8. The summed E-state index contributed by atoms with van der Waals surface area (Å²) < 4.78 is 6.79. The molecule has 0 saturated heterocycles. The Kier molecular flexibility index (Phi) is 4.90. The summed E-state index contributed by atoms with van der Waals surface area (Å²) in [7, 11) is 0. The number of carbonyl (C=O) groups is 3. The molecule has 2 heterocycles. The summed E-state index contributed by atoms with van der Waals surface area (Å²) in [6.45, 7) is 1.05. The van der Waals surface area contributed by atoms with Gasteiger partial charge in [0.1, 0.15) is 0 Å². The number of hydrogen-bond acceptors (Lipinski definition) is 6. The highest BCUT2D eigenvalue weighted by atomic mass is 32.1. The van der Waals surface area contributed by atoms with Crippen molar-refractivity contribution in [3.8, 4) is 0 Å². The number of hydrogen-bond donors (Lipinski definition) is 1. The van der Waals surface area contributed by atoms with Crippen LogP contribution in [0.4, 0.5) is 5.69 Å². The number of Topliss-reactive ketones (excluding diaryl/α,β-unsaturated/α-hetero) is 1. The summed E-state index contributed by atoms with van der Waals surface area (Å²) in [5, 5.41) is 4.49. The lowest BCUT2D eigenvalue weighted by molar-refractivity contribution is -0.146. The van der Waals surface area contributed by atoms with Gasteiger partial charge < -0.3 is 10.1 Å². The molecule has 0 spiro atoms. The second-order valence-corrected chi connectivity index (χ2v) is 6.22. The van der Waals surface area contributed by atoms with Crippen molar-refractivity contribution in [3.05, 3.63) is 53.3 Å². The average Bonchev–Trinajstić information content (AvgIpc) is 3.14. The highest BCUT2D eigenvalue weighted by Gasteiger charge is 2.12. The number of ketones is 1. The number of fused-ring (bicyclic) bond motifs is 1. The van der Waals surface area contributed by atoms with E-state index in [1.54, 1.807) is 30.5 Å². The van der Waals surface area contributed by atoms with Crippen LogP contribution in [0.2, 0.25) is 0 Å². The molecule has 3 aromatic rings. The van der Waals surface area contributed by atoms with Gasteiger partial charge in [-0.1, -0.05) is 12.1 Å². The Morgan fingerprint density at radius 3 is 2.92 bits per heavy atom. The normalized spacial score (nSPS) is 10.6. The van der Waals surface area contributed by atoms with Gasteiger partial charge in [-0.15, -0.1) is 11.3 Å². The van der Waals surface area contributed by atoms with Crippen molar-refractivity contribution in [2.45, 2.75) is 13.3 Å². The van der Waals surface area contributed by atoms with E-state index in [1.165, 1.54) is 18.3 Å². The van der Waals surface area contributed by atoms with Crippen molar-refractivity contribution in [3.63, 3.8) is 0 Å². The molecule has 3 rings (SSSR count). The molecule has 25 heavy (non-hydrogen) atoms. The van der Waals surface area contributed by atoms with Crippen molar-refractivity contribution in [2.75, 3.05) is 11.9 Å². The van der Waals surface area contributed by atoms with E-state index >= 15 is 0 Å². The number of nitrogens with one attached hydrogen (secondary N) is 1. The molecule has 0 aliphatic heterocycles. The van der Waals surface area contributed by atoms with Crippen LogP contribution in [-0.4, -0.2) is 33.7 Å². The van der Waals surface area contributed by atoms with Crippen LogP contribution >= 0.6 is 11.3 Å². The standard InChI is InChI=1S/C17H15N3O4S/c1-11(21)12-3-2-4-13(7-12)18-15(22)10-24-16(23)8-14-9-20-5-6-25-17(20)19-14/h2-7,9H,8,10H2,1H3,(H,18,22). The summed E-state index contributed by atoms with van der Waals surface area (Å²) >= 11 is 1.47. The number of benzene rings is 1. The van der Waals surface area contributed by atoms with Crippen molar-refractivity contribution >= 4 is 39.6 Å². The van der Waals surface area contributed by atoms with Gasteiger partial charge in [-0.25, -0.2) is 4.98 Å². The van der Waals surface area contributed by atoms with Crippen molar-refractivity contribution in [1.82, 2.24) is 9.38 Å². The molecule has 0 atom stereocenters. The Labute approximate surface area is 147 Å². The number of rotatable bonds is 6. The lowest BCUT2D eigenvalue weighted by Gasteiger charge is -2.07. The molecule has 0 saturated carbocycles. The second kappa shape index (κ2) is 7.27. The Bertz CT molecular complexity index is 916. The Balaban J connectivity index is 1.49. The Morgan fingerprint density at radius 2 is 2.16 bits per heavy atom. The molecule has 1 amide bonds. The molecular formula is C17H15N3O4S. The first kappa shape index (κ1) is 16.8. The van der Waals surface area contributed by atoms with Crippen LogP contribution in [-0.2, 0) is 20.7 Å². The summed E-state index contributed by atoms with van der Waals surface area (Å²) in [4.78, 5) is 40.1. The minimum atomic E-state index is -0.529. The van der Waals surface area contributed by atoms with Crippen molar-refractivity contribution in [2.24, 2.45) is 0 Å².